The molecule has 0 unspecified atom stereocenters. The summed E-state index contributed by atoms with van der Waals surface area (Å²) >= 11 is 6.60. The number of rotatable bonds is 0. The zero-order valence-electron chi connectivity index (χ0n) is 8.87. The molecule has 2 rings (SSSR count). The number of hydrogen-bond acceptors (Lipinski definition) is 2. The van der Waals surface area contributed by atoms with Gasteiger partial charge in [0.15, 0.2) is 0 Å². The van der Waals surface area contributed by atoms with Crippen LogP contribution in [-0.2, 0) is 0 Å². The second-order valence-corrected chi connectivity index (χ2v) is 5.06. The number of aryl methyl sites for hydroxylation is 1. The molecule has 80 valence electrons. The van der Waals surface area contributed by atoms with E-state index in [0.29, 0.717) is 0 Å². The Balaban J connectivity index is 0.000000337. The van der Waals surface area contributed by atoms with E-state index < -0.39 is 0 Å². The van der Waals surface area contributed by atoms with Gasteiger partial charge in [0, 0.05) is 10.3 Å². The number of thiol groups is 1. The fourth-order valence-corrected chi connectivity index (χ4v) is 1.39. The molecule has 0 spiro atoms. The largest absolute Gasteiger partial charge is 0.252 e. The van der Waals surface area contributed by atoms with E-state index in [1.54, 1.807) is 0 Å². The van der Waals surface area contributed by atoms with Gasteiger partial charge in [-0.3, -0.25) is 4.98 Å². The molecule has 15 heavy (non-hydrogen) atoms. The summed E-state index contributed by atoms with van der Waals surface area (Å²) in [6.07, 6.45) is 0. The van der Waals surface area contributed by atoms with Gasteiger partial charge in [0.2, 0.25) is 0 Å². The highest BCUT2D eigenvalue weighted by atomic mass is 127. The van der Waals surface area contributed by atoms with Crippen LogP contribution in [0.1, 0.15) is 12.6 Å². The monoisotopic (exact) mass is 331 g/mol. The van der Waals surface area contributed by atoms with E-state index in [4.69, 9.17) is 0 Å². The van der Waals surface area contributed by atoms with Gasteiger partial charge in [-0.1, -0.05) is 47.7 Å². The van der Waals surface area contributed by atoms with Crippen molar-refractivity contribution >= 4 is 46.1 Å². The summed E-state index contributed by atoms with van der Waals surface area (Å²) in [6, 6.07) is 10.1. The predicted octanol–water partition coefficient (Wildman–Crippen LogP) is 4.27. The average Bonchev–Trinajstić information content (AvgIpc) is 2.21. The van der Waals surface area contributed by atoms with Gasteiger partial charge in [-0.15, -0.1) is 12.6 Å². The normalized spacial score (nSPS) is 9.60. The van der Waals surface area contributed by atoms with E-state index in [1.165, 1.54) is 4.43 Å². The van der Waals surface area contributed by atoms with Crippen molar-refractivity contribution < 1.29 is 0 Å². The van der Waals surface area contributed by atoms with Crippen LogP contribution in [0.4, 0.5) is 0 Å². The maximum absolute atomic E-state index is 4.40. The topological polar surface area (TPSA) is 12.9 Å². The highest BCUT2D eigenvalue weighted by molar-refractivity contribution is 14.1. The number of pyridine rings is 1. The minimum absolute atomic E-state index is 0.953. The van der Waals surface area contributed by atoms with Crippen LogP contribution >= 0.6 is 35.2 Å². The van der Waals surface area contributed by atoms with Gasteiger partial charge in [0.05, 0.1) is 11.2 Å². The summed E-state index contributed by atoms with van der Waals surface area (Å²) in [5.74, 6) is 0. The molecule has 0 amide bonds. The summed E-state index contributed by atoms with van der Waals surface area (Å²) in [7, 11) is 0. The lowest BCUT2D eigenvalue weighted by atomic mass is 10.2. The molecular weight excluding hydrogens is 317 g/mol. The molecule has 0 saturated carbocycles. The van der Waals surface area contributed by atoms with E-state index in [2.05, 4.69) is 47.1 Å². The molecule has 0 fully saturated rings. The van der Waals surface area contributed by atoms with Crippen LogP contribution in [0, 0.1) is 6.92 Å². The van der Waals surface area contributed by atoms with Crippen molar-refractivity contribution in [3.05, 3.63) is 36.0 Å². The summed E-state index contributed by atoms with van der Waals surface area (Å²) in [5, 5.41) is 1.15. The van der Waals surface area contributed by atoms with E-state index in [0.717, 1.165) is 21.5 Å². The van der Waals surface area contributed by atoms with Crippen molar-refractivity contribution in [2.75, 3.05) is 4.43 Å². The maximum Gasteiger partial charge on any atom is 0.0706 e. The molecule has 0 atom stereocenters. The fourth-order valence-electron chi connectivity index (χ4n) is 1.20. The van der Waals surface area contributed by atoms with Gasteiger partial charge in [-0.25, -0.2) is 0 Å². The summed E-state index contributed by atoms with van der Waals surface area (Å²) in [4.78, 5) is 5.35. The standard InChI is InChI=1S/C10H9NS.C2H5I/c1-7-10(12)6-8-4-2-3-5-9(8)11-7;1-2-3/h2-6,12H,1H3;2H2,1H3. The van der Waals surface area contributed by atoms with Gasteiger partial charge in [0.25, 0.3) is 0 Å². The number of para-hydroxylation sites is 1. The highest BCUT2D eigenvalue weighted by Gasteiger charge is 1.97. The van der Waals surface area contributed by atoms with E-state index in [-0.39, 0.29) is 0 Å². The molecule has 0 bridgehead atoms. The third kappa shape index (κ3) is 3.65. The lowest BCUT2D eigenvalue weighted by Crippen LogP contribution is -1.84. The third-order valence-corrected chi connectivity index (χ3v) is 2.34. The minimum Gasteiger partial charge on any atom is -0.252 e. The predicted molar refractivity (Wildman–Crippen MR) is 78.3 cm³/mol. The van der Waals surface area contributed by atoms with Crippen LogP contribution < -0.4 is 0 Å². The molecule has 0 aliphatic rings. The van der Waals surface area contributed by atoms with Crippen LogP contribution in [0.3, 0.4) is 0 Å². The molecule has 2 aromatic rings. The molecule has 0 aliphatic heterocycles. The molecular formula is C12H14INS. The number of benzene rings is 1. The van der Waals surface area contributed by atoms with Crippen molar-refractivity contribution in [2.24, 2.45) is 0 Å². The fraction of sp³-hybridized carbons (Fsp3) is 0.250. The zero-order valence-corrected chi connectivity index (χ0v) is 11.9. The number of fused-ring (bicyclic) bond motifs is 1. The number of alkyl halides is 1. The molecule has 0 saturated heterocycles. The second-order valence-electron chi connectivity index (χ2n) is 3.05. The summed E-state index contributed by atoms with van der Waals surface area (Å²) in [6.45, 7) is 4.08. The number of nitrogens with zero attached hydrogens (tertiary/aromatic N) is 1. The first-order chi connectivity index (χ1) is 7.19. The quantitative estimate of drug-likeness (QED) is 0.432. The Hall–Kier alpha value is -0.290. The summed E-state index contributed by atoms with van der Waals surface area (Å²) in [5.41, 5.74) is 2.02. The molecule has 0 N–H and O–H groups in total. The molecule has 1 heterocycles. The van der Waals surface area contributed by atoms with Gasteiger partial charge in [-0.2, -0.15) is 0 Å². The zero-order chi connectivity index (χ0) is 11.3. The number of halogens is 1. The van der Waals surface area contributed by atoms with Crippen molar-refractivity contribution in [2.45, 2.75) is 18.7 Å². The van der Waals surface area contributed by atoms with Crippen molar-refractivity contribution in [1.29, 1.82) is 0 Å². The molecule has 3 heteroatoms. The Labute approximate surface area is 110 Å². The van der Waals surface area contributed by atoms with E-state index in [1.807, 2.05) is 37.3 Å². The number of aromatic nitrogens is 1. The molecule has 1 nitrogen and oxygen atoms in total. The van der Waals surface area contributed by atoms with Crippen LogP contribution in [0.25, 0.3) is 10.9 Å². The van der Waals surface area contributed by atoms with Crippen LogP contribution in [0.2, 0.25) is 0 Å². The maximum atomic E-state index is 4.40. The Morgan fingerprint density at radius 2 is 1.93 bits per heavy atom. The van der Waals surface area contributed by atoms with Crippen molar-refractivity contribution in [3.8, 4) is 0 Å². The SMILES string of the molecule is CCI.Cc1nc2ccccc2cc1S. The first kappa shape index (κ1) is 12.8. The van der Waals surface area contributed by atoms with Gasteiger partial charge in [0.1, 0.15) is 0 Å². The van der Waals surface area contributed by atoms with Gasteiger partial charge in [-0.05, 0) is 23.5 Å². The van der Waals surface area contributed by atoms with Crippen LogP contribution in [0.15, 0.2) is 35.2 Å². The first-order valence-electron chi connectivity index (χ1n) is 4.80. The van der Waals surface area contributed by atoms with Crippen molar-refractivity contribution in [3.63, 3.8) is 0 Å². The second kappa shape index (κ2) is 6.33. The van der Waals surface area contributed by atoms with E-state index in [9.17, 15) is 0 Å². The Morgan fingerprint density at radius 3 is 2.60 bits per heavy atom. The molecule has 1 aromatic carbocycles. The van der Waals surface area contributed by atoms with Gasteiger partial charge < -0.3 is 0 Å². The number of hydrogen-bond donors (Lipinski definition) is 1. The van der Waals surface area contributed by atoms with Gasteiger partial charge >= 0.3 is 0 Å². The Kier molecular flexibility index (Phi) is 5.39. The van der Waals surface area contributed by atoms with E-state index >= 15 is 0 Å². The highest BCUT2D eigenvalue weighted by Crippen LogP contribution is 2.18. The van der Waals surface area contributed by atoms with Crippen LogP contribution in [0.5, 0.6) is 0 Å². The summed E-state index contributed by atoms with van der Waals surface area (Å²) < 4.78 is 1.22. The van der Waals surface area contributed by atoms with Crippen LogP contribution in [-0.4, -0.2) is 9.41 Å². The minimum atomic E-state index is 0.953. The molecule has 0 aliphatic carbocycles. The van der Waals surface area contributed by atoms with Crippen molar-refractivity contribution in [1.82, 2.24) is 4.98 Å². The average molecular weight is 331 g/mol. The lowest BCUT2D eigenvalue weighted by molar-refractivity contribution is 1.16. The Bertz CT molecular complexity index is 402. The Morgan fingerprint density at radius 1 is 1.33 bits per heavy atom. The molecule has 0 radical (unpaired) electrons. The smallest absolute Gasteiger partial charge is 0.0706 e. The first-order valence-corrected chi connectivity index (χ1v) is 6.77. The lowest BCUT2D eigenvalue weighted by Gasteiger charge is -2.00. The molecule has 1 aromatic heterocycles. The third-order valence-electron chi connectivity index (χ3n) is 1.89.